The molecule has 0 N–H and O–H groups in total. The first-order chi connectivity index (χ1) is 17.9. The van der Waals surface area contributed by atoms with Crippen molar-refractivity contribution < 1.29 is 9.13 Å². The smallest absolute Gasteiger partial charge is 0.172 e. The summed E-state index contributed by atoms with van der Waals surface area (Å²) in [6.07, 6.45) is 4.11. The van der Waals surface area contributed by atoms with Crippen LogP contribution in [0.2, 0.25) is 5.02 Å². The Balaban J connectivity index is 1.40. The fraction of sp³-hybridized carbons (Fsp3) is 0.407. The number of methoxy groups -OCH3 is 1. The summed E-state index contributed by atoms with van der Waals surface area (Å²) in [7, 11) is 1.62. The van der Waals surface area contributed by atoms with Gasteiger partial charge < -0.3 is 9.64 Å². The summed E-state index contributed by atoms with van der Waals surface area (Å²) in [6.45, 7) is 6.84. The highest BCUT2D eigenvalue weighted by Gasteiger charge is 2.31. The molecule has 1 aromatic heterocycles. The van der Waals surface area contributed by atoms with E-state index in [1.165, 1.54) is 12.1 Å². The van der Waals surface area contributed by atoms with Gasteiger partial charge in [0.05, 0.1) is 24.0 Å². The van der Waals surface area contributed by atoms with Gasteiger partial charge in [0.15, 0.2) is 11.0 Å². The minimum atomic E-state index is -0.415. The number of likely N-dealkylation sites (tertiary alicyclic amines) is 1. The number of hydrogen-bond acceptors (Lipinski definition) is 7. The van der Waals surface area contributed by atoms with Gasteiger partial charge in [0.25, 0.3) is 0 Å². The van der Waals surface area contributed by atoms with Crippen molar-refractivity contribution in [2.24, 2.45) is 21.4 Å². The number of ether oxygens (including phenoxy) is 1. The van der Waals surface area contributed by atoms with E-state index in [1.54, 1.807) is 31.0 Å². The third-order valence-corrected chi connectivity index (χ3v) is 8.69. The number of halogens is 2. The van der Waals surface area contributed by atoms with Gasteiger partial charge in [-0.05, 0) is 65.9 Å². The van der Waals surface area contributed by atoms with Crippen molar-refractivity contribution in [3.63, 3.8) is 0 Å². The summed E-state index contributed by atoms with van der Waals surface area (Å²) in [4.78, 5) is 7.14. The molecule has 2 aliphatic heterocycles. The van der Waals surface area contributed by atoms with Crippen molar-refractivity contribution in [2.45, 2.75) is 37.3 Å². The van der Waals surface area contributed by atoms with Crippen LogP contribution in [0.5, 0.6) is 5.75 Å². The van der Waals surface area contributed by atoms with Crippen molar-refractivity contribution in [3.8, 4) is 11.4 Å². The molecule has 0 amide bonds. The molecule has 10 heteroatoms. The van der Waals surface area contributed by atoms with E-state index in [2.05, 4.69) is 38.8 Å². The molecule has 0 spiro atoms. The summed E-state index contributed by atoms with van der Waals surface area (Å²) in [6, 6.07) is 12.4. The van der Waals surface area contributed by atoms with Gasteiger partial charge in [0, 0.05) is 29.9 Å². The maximum absolute atomic E-state index is 13.8. The minimum absolute atomic E-state index is 0.263. The molecule has 0 radical (unpaired) electrons. The molecule has 0 saturated carbocycles. The van der Waals surface area contributed by atoms with Crippen molar-refractivity contribution in [2.75, 3.05) is 32.5 Å². The van der Waals surface area contributed by atoms with Crippen LogP contribution in [0.4, 0.5) is 4.39 Å². The molecule has 5 rings (SSSR count). The van der Waals surface area contributed by atoms with Gasteiger partial charge in [0.2, 0.25) is 0 Å². The number of aromatic nitrogens is 2. The molecule has 194 valence electrons. The highest BCUT2D eigenvalue weighted by atomic mass is 35.5. The van der Waals surface area contributed by atoms with Crippen LogP contribution in [0.3, 0.4) is 0 Å². The normalized spacial score (nSPS) is 16.4. The van der Waals surface area contributed by atoms with Gasteiger partial charge in [0.1, 0.15) is 18.1 Å². The minimum Gasteiger partial charge on any atom is -0.495 e. The van der Waals surface area contributed by atoms with Crippen LogP contribution in [0, 0.1) is 11.7 Å². The first kappa shape index (κ1) is 25.7. The van der Waals surface area contributed by atoms with Crippen LogP contribution in [-0.2, 0) is 5.41 Å². The molecule has 37 heavy (non-hydrogen) atoms. The second-order valence-corrected chi connectivity index (χ2v) is 11.3. The molecule has 0 bridgehead atoms. The third-order valence-electron chi connectivity index (χ3n) is 7.19. The number of benzene rings is 2. The van der Waals surface area contributed by atoms with Crippen molar-refractivity contribution in [1.82, 2.24) is 14.5 Å². The van der Waals surface area contributed by atoms with E-state index in [1.807, 2.05) is 24.4 Å². The monoisotopic (exact) mass is 540 g/mol. The molecule has 0 unspecified atom stereocenters. The Bertz CT molecular complexity index is 1310. The Morgan fingerprint density at radius 3 is 2.57 bits per heavy atom. The number of piperidine rings is 1. The van der Waals surface area contributed by atoms with Gasteiger partial charge >= 0.3 is 0 Å². The zero-order valence-electron chi connectivity index (χ0n) is 21.2. The van der Waals surface area contributed by atoms with E-state index in [-0.39, 0.29) is 5.82 Å². The SMILES string of the molecule is COc1cc(C(C)(C)c2cnc(SCC3CCN(C4=NN=NC4)CC3)n2-c2ccc(F)cc2)ccc1Cl. The van der Waals surface area contributed by atoms with Gasteiger partial charge in [-0.3, -0.25) is 4.57 Å². The van der Waals surface area contributed by atoms with Crippen molar-refractivity contribution >= 4 is 29.2 Å². The van der Waals surface area contributed by atoms with Gasteiger partial charge in [-0.1, -0.05) is 43.3 Å². The predicted molar refractivity (Wildman–Crippen MR) is 146 cm³/mol. The molecular formula is C27H30ClFN6OS. The molecule has 2 aliphatic rings. The predicted octanol–water partition coefficient (Wildman–Crippen LogP) is 6.58. The number of rotatable bonds is 7. The molecular weight excluding hydrogens is 511 g/mol. The van der Waals surface area contributed by atoms with E-state index in [4.69, 9.17) is 21.3 Å². The summed E-state index contributed by atoms with van der Waals surface area (Å²) in [5, 5.41) is 13.3. The van der Waals surface area contributed by atoms with E-state index in [9.17, 15) is 4.39 Å². The van der Waals surface area contributed by atoms with E-state index < -0.39 is 5.41 Å². The largest absolute Gasteiger partial charge is 0.495 e. The van der Waals surface area contributed by atoms with E-state index >= 15 is 0 Å². The number of imidazole rings is 1. The fourth-order valence-corrected chi connectivity index (χ4v) is 6.21. The fourth-order valence-electron chi connectivity index (χ4n) is 4.84. The second kappa shape index (κ2) is 10.8. The van der Waals surface area contributed by atoms with Crippen molar-refractivity contribution in [1.29, 1.82) is 0 Å². The number of hydrogen-bond donors (Lipinski definition) is 0. The Kier molecular flexibility index (Phi) is 7.53. The average Bonchev–Trinajstić information content (AvgIpc) is 3.59. The number of nitrogens with zero attached hydrogens (tertiary/aromatic N) is 6. The average molecular weight is 541 g/mol. The van der Waals surface area contributed by atoms with Gasteiger partial charge in [-0.2, -0.15) is 5.11 Å². The zero-order valence-corrected chi connectivity index (χ0v) is 22.8. The molecule has 3 aromatic rings. The third kappa shape index (κ3) is 5.38. The van der Waals surface area contributed by atoms with Crippen molar-refractivity contribution in [3.05, 3.63) is 70.8 Å². The molecule has 0 atom stereocenters. The first-order valence-electron chi connectivity index (χ1n) is 12.4. The maximum Gasteiger partial charge on any atom is 0.172 e. The highest BCUT2D eigenvalue weighted by Crippen LogP contribution is 2.39. The Morgan fingerprint density at radius 2 is 1.89 bits per heavy atom. The molecule has 7 nitrogen and oxygen atoms in total. The Labute approximate surface area is 225 Å². The summed E-state index contributed by atoms with van der Waals surface area (Å²) >= 11 is 8.05. The Morgan fingerprint density at radius 1 is 1.14 bits per heavy atom. The van der Waals surface area contributed by atoms with Crippen LogP contribution >= 0.6 is 23.4 Å². The first-order valence-corrected chi connectivity index (χ1v) is 13.7. The molecule has 1 saturated heterocycles. The maximum atomic E-state index is 13.8. The van der Waals surface area contributed by atoms with Crippen LogP contribution in [0.1, 0.15) is 37.9 Å². The van der Waals surface area contributed by atoms with Crippen LogP contribution < -0.4 is 4.74 Å². The Hall–Kier alpha value is -2.91. The van der Waals surface area contributed by atoms with Crippen LogP contribution in [-0.4, -0.2) is 52.8 Å². The lowest BCUT2D eigenvalue weighted by molar-refractivity contribution is 0.282. The molecule has 3 heterocycles. The zero-order chi connectivity index (χ0) is 26.0. The van der Waals surface area contributed by atoms with E-state index in [0.29, 0.717) is 23.2 Å². The van der Waals surface area contributed by atoms with Gasteiger partial charge in [-0.15, -0.1) is 5.10 Å². The van der Waals surface area contributed by atoms with Crippen LogP contribution in [0.15, 0.2) is 69.3 Å². The van der Waals surface area contributed by atoms with Gasteiger partial charge in [-0.25, -0.2) is 9.37 Å². The summed E-state index contributed by atoms with van der Waals surface area (Å²) in [5.41, 5.74) is 2.52. The molecule has 1 fully saturated rings. The number of amidine groups is 1. The lowest BCUT2D eigenvalue weighted by atomic mass is 9.81. The summed E-state index contributed by atoms with van der Waals surface area (Å²) in [5.74, 6) is 2.88. The van der Waals surface area contributed by atoms with E-state index in [0.717, 1.165) is 59.6 Å². The lowest BCUT2D eigenvalue weighted by Gasteiger charge is -2.32. The summed E-state index contributed by atoms with van der Waals surface area (Å²) < 4.78 is 21.4. The topological polar surface area (TPSA) is 67.4 Å². The quantitative estimate of drug-likeness (QED) is 0.317. The highest BCUT2D eigenvalue weighted by molar-refractivity contribution is 7.99. The molecule has 2 aromatic carbocycles. The van der Waals surface area contributed by atoms with Crippen LogP contribution in [0.25, 0.3) is 5.69 Å². The second-order valence-electron chi connectivity index (χ2n) is 9.86. The number of thioether (sulfide) groups is 1. The lowest BCUT2D eigenvalue weighted by Crippen LogP contribution is -2.39. The standard InChI is InChI=1S/C27H30ClFN6OS/c1-27(2,19-4-9-22(28)23(14-19)36-3)24-15-30-26(35(24)21-7-5-20(29)6-8-21)37-17-18-10-12-34(13-11-18)25-16-31-33-32-25/h4-9,14-15,18H,10-13,16-17H2,1-3H3. The molecule has 0 aliphatic carbocycles.